The highest BCUT2D eigenvalue weighted by Crippen LogP contribution is 2.44. The van der Waals surface area contributed by atoms with Crippen molar-refractivity contribution in [1.82, 2.24) is 9.97 Å². The summed E-state index contributed by atoms with van der Waals surface area (Å²) in [6.45, 7) is 8.62. The smallest absolute Gasteiger partial charge is 0.241 e. The van der Waals surface area contributed by atoms with Gasteiger partial charge in [-0.3, -0.25) is 0 Å². The van der Waals surface area contributed by atoms with E-state index < -0.39 is 0 Å². The molecule has 4 nitrogen and oxygen atoms in total. The number of hydrogen-bond acceptors (Lipinski definition) is 4. The molecule has 0 unspecified atom stereocenters. The fourth-order valence-corrected chi connectivity index (χ4v) is 3.80. The average Bonchev–Trinajstić information content (AvgIpc) is 2.81. The van der Waals surface area contributed by atoms with Gasteiger partial charge in [-0.25, -0.2) is 4.98 Å². The van der Waals surface area contributed by atoms with Gasteiger partial charge in [-0.05, 0) is 38.0 Å². The van der Waals surface area contributed by atoms with Gasteiger partial charge in [0.25, 0.3) is 0 Å². The van der Waals surface area contributed by atoms with Crippen LogP contribution in [0.1, 0.15) is 51.6 Å². The second-order valence-electron chi connectivity index (χ2n) is 6.08. The van der Waals surface area contributed by atoms with E-state index in [0.717, 1.165) is 29.5 Å². The van der Waals surface area contributed by atoms with Gasteiger partial charge in [0.05, 0.1) is 11.7 Å². The Kier molecular flexibility index (Phi) is 3.57. The third kappa shape index (κ3) is 2.05. The molecule has 0 aromatic carbocycles. The van der Waals surface area contributed by atoms with E-state index in [4.69, 9.17) is 4.74 Å². The summed E-state index contributed by atoms with van der Waals surface area (Å²) in [4.78, 5) is 9.06. The van der Waals surface area contributed by atoms with Gasteiger partial charge in [-0.15, -0.1) is 0 Å². The van der Waals surface area contributed by atoms with Gasteiger partial charge in [0, 0.05) is 0 Å². The molecule has 1 N–H and O–H groups in total. The lowest BCUT2D eigenvalue weighted by Gasteiger charge is -2.35. The molecule has 1 fully saturated rings. The van der Waals surface area contributed by atoms with Crippen LogP contribution in [-0.2, 0) is 6.42 Å². The van der Waals surface area contributed by atoms with Crippen molar-refractivity contribution >= 4 is 5.69 Å². The van der Waals surface area contributed by atoms with Crippen LogP contribution >= 0.6 is 0 Å². The van der Waals surface area contributed by atoms with E-state index in [1.807, 2.05) is 6.92 Å². The largest absolute Gasteiger partial charge is 0.470 e. The van der Waals surface area contributed by atoms with Crippen molar-refractivity contribution < 1.29 is 4.74 Å². The molecule has 4 atom stereocenters. The third-order valence-electron chi connectivity index (χ3n) is 4.94. The van der Waals surface area contributed by atoms with Gasteiger partial charge in [-0.2, -0.15) is 4.98 Å². The molecule has 0 spiro atoms. The topological polar surface area (TPSA) is 47.0 Å². The minimum atomic E-state index is 0.274. The van der Waals surface area contributed by atoms with Crippen LogP contribution < -0.4 is 10.1 Å². The van der Waals surface area contributed by atoms with Crippen LogP contribution in [-0.4, -0.2) is 22.1 Å². The van der Waals surface area contributed by atoms with Crippen molar-refractivity contribution in [3.05, 3.63) is 11.5 Å². The third-order valence-corrected chi connectivity index (χ3v) is 4.94. The molecule has 1 aliphatic heterocycles. The molecule has 0 radical (unpaired) electrons. The summed E-state index contributed by atoms with van der Waals surface area (Å²) in [6, 6.07) is 0.425. The Hall–Kier alpha value is -1.32. The Balaban J connectivity index is 1.98. The lowest BCUT2D eigenvalue weighted by molar-refractivity contribution is 0.128. The Morgan fingerprint density at radius 3 is 2.55 bits per heavy atom. The number of aromatic nitrogens is 2. The van der Waals surface area contributed by atoms with Crippen LogP contribution in [0.25, 0.3) is 0 Å². The summed E-state index contributed by atoms with van der Waals surface area (Å²) in [5.41, 5.74) is 2.12. The minimum absolute atomic E-state index is 0.274. The number of ether oxygens (including phenoxy) is 1. The molecular formula is C16H25N3O. The van der Waals surface area contributed by atoms with Crippen molar-refractivity contribution in [3.63, 3.8) is 0 Å². The Bertz CT molecular complexity index is 503. The Morgan fingerprint density at radius 1 is 1.15 bits per heavy atom. The molecule has 2 aliphatic rings. The zero-order chi connectivity index (χ0) is 14.3. The fraction of sp³-hybridized carbons (Fsp3) is 0.750. The van der Waals surface area contributed by atoms with Crippen molar-refractivity contribution in [3.8, 4) is 5.88 Å². The number of hydrogen-bond donors (Lipinski definition) is 1. The molecule has 110 valence electrons. The first-order chi connectivity index (χ1) is 9.67. The van der Waals surface area contributed by atoms with Crippen LogP contribution in [0.2, 0.25) is 0 Å². The zero-order valence-electron chi connectivity index (χ0n) is 12.9. The molecule has 0 saturated heterocycles. The number of nitrogens with one attached hydrogen (secondary N) is 1. The molecule has 2 heterocycles. The Morgan fingerprint density at radius 2 is 1.90 bits per heavy atom. The van der Waals surface area contributed by atoms with Gasteiger partial charge in [0.1, 0.15) is 17.6 Å². The first-order valence-corrected chi connectivity index (χ1v) is 7.98. The van der Waals surface area contributed by atoms with Crippen LogP contribution in [0.3, 0.4) is 0 Å². The molecule has 0 bridgehead atoms. The van der Waals surface area contributed by atoms with E-state index in [0.29, 0.717) is 17.9 Å². The number of rotatable bonds is 3. The summed E-state index contributed by atoms with van der Waals surface area (Å²) in [6.07, 6.45) is 4.83. The second kappa shape index (κ2) is 5.23. The SMILES string of the molecule is CCc1nc(C)nc2c1N[C@H]1[C@@H](CC)C[C@H](CC)[C@@H]1O2. The lowest BCUT2D eigenvalue weighted by atomic mass is 9.98. The monoisotopic (exact) mass is 275 g/mol. The van der Waals surface area contributed by atoms with Crippen molar-refractivity contribution in [1.29, 1.82) is 0 Å². The van der Waals surface area contributed by atoms with Crippen LogP contribution in [0.4, 0.5) is 5.69 Å². The Labute approximate surface area is 121 Å². The minimum Gasteiger partial charge on any atom is -0.470 e. The molecule has 20 heavy (non-hydrogen) atoms. The predicted octanol–water partition coefficient (Wildman–Crippen LogP) is 3.35. The van der Waals surface area contributed by atoms with Crippen molar-refractivity contribution in [2.45, 2.75) is 65.5 Å². The van der Waals surface area contributed by atoms with Gasteiger partial charge >= 0.3 is 0 Å². The number of fused-ring (bicyclic) bond motifs is 2. The normalized spacial score (nSPS) is 31.2. The average molecular weight is 275 g/mol. The summed E-state index contributed by atoms with van der Waals surface area (Å²) in [5, 5.41) is 3.72. The van der Waals surface area contributed by atoms with E-state index in [1.165, 1.54) is 19.3 Å². The van der Waals surface area contributed by atoms with E-state index >= 15 is 0 Å². The first-order valence-electron chi connectivity index (χ1n) is 7.98. The molecule has 1 aliphatic carbocycles. The maximum Gasteiger partial charge on any atom is 0.241 e. The summed E-state index contributed by atoms with van der Waals surface area (Å²) in [5.74, 6) is 2.92. The molecule has 1 saturated carbocycles. The number of anilines is 1. The van der Waals surface area contributed by atoms with Gasteiger partial charge in [0.15, 0.2) is 0 Å². The number of aryl methyl sites for hydroxylation is 2. The molecule has 3 rings (SSSR count). The standard InChI is InChI=1S/C16H25N3O/c1-5-10-8-11(6-2)15-13(10)19-14-12(7-3)17-9(4)18-16(14)20-15/h10-11,13,15,19H,5-8H2,1-4H3/t10-,11-,13-,15-/m0/s1. The van der Waals surface area contributed by atoms with Crippen molar-refractivity contribution in [2.75, 3.05) is 5.32 Å². The van der Waals surface area contributed by atoms with Gasteiger partial charge < -0.3 is 10.1 Å². The van der Waals surface area contributed by atoms with E-state index in [9.17, 15) is 0 Å². The van der Waals surface area contributed by atoms with Crippen LogP contribution in [0.15, 0.2) is 0 Å². The maximum absolute atomic E-state index is 6.30. The maximum atomic E-state index is 6.30. The highest BCUT2D eigenvalue weighted by Gasteiger charge is 2.46. The highest BCUT2D eigenvalue weighted by molar-refractivity contribution is 5.59. The molecule has 1 aromatic rings. The van der Waals surface area contributed by atoms with Gasteiger partial charge in [0.2, 0.25) is 5.88 Å². The first kappa shape index (κ1) is 13.7. The lowest BCUT2D eigenvalue weighted by Crippen LogP contribution is -2.43. The number of nitrogens with zero attached hydrogens (tertiary/aromatic N) is 2. The summed E-state index contributed by atoms with van der Waals surface area (Å²) >= 11 is 0. The second-order valence-corrected chi connectivity index (χ2v) is 6.08. The highest BCUT2D eigenvalue weighted by atomic mass is 16.5. The van der Waals surface area contributed by atoms with E-state index in [2.05, 4.69) is 36.1 Å². The summed E-state index contributed by atoms with van der Waals surface area (Å²) < 4.78 is 6.30. The molecule has 4 heteroatoms. The molecule has 0 amide bonds. The van der Waals surface area contributed by atoms with Crippen LogP contribution in [0, 0.1) is 18.8 Å². The summed E-state index contributed by atoms with van der Waals surface area (Å²) in [7, 11) is 0. The molecule has 1 aromatic heterocycles. The van der Waals surface area contributed by atoms with E-state index in [-0.39, 0.29) is 6.10 Å². The zero-order valence-corrected chi connectivity index (χ0v) is 12.9. The predicted molar refractivity (Wildman–Crippen MR) is 80.2 cm³/mol. The fourth-order valence-electron chi connectivity index (χ4n) is 3.80. The quantitative estimate of drug-likeness (QED) is 0.919. The van der Waals surface area contributed by atoms with Crippen LogP contribution in [0.5, 0.6) is 5.88 Å². The molecular weight excluding hydrogens is 250 g/mol. The van der Waals surface area contributed by atoms with Crippen molar-refractivity contribution in [2.24, 2.45) is 11.8 Å². The van der Waals surface area contributed by atoms with E-state index in [1.54, 1.807) is 0 Å². The van der Waals surface area contributed by atoms with Gasteiger partial charge in [-0.1, -0.05) is 27.2 Å².